The molecule has 0 N–H and O–H groups in total. The fourth-order valence-electron chi connectivity index (χ4n) is 2.14. The summed E-state index contributed by atoms with van der Waals surface area (Å²) in [5.41, 5.74) is 1.84. The van der Waals surface area contributed by atoms with Crippen LogP contribution in [0.25, 0.3) is 0 Å². The van der Waals surface area contributed by atoms with Crippen LogP contribution < -0.4 is 5.56 Å². The Hall–Kier alpha value is -1.23. The van der Waals surface area contributed by atoms with Gasteiger partial charge in [0.25, 0.3) is 5.56 Å². The van der Waals surface area contributed by atoms with Gasteiger partial charge in [-0.05, 0) is 39.0 Å². The van der Waals surface area contributed by atoms with Gasteiger partial charge in [0.15, 0.2) is 0 Å². The number of aryl methyl sites for hydroxylation is 1. The van der Waals surface area contributed by atoms with E-state index in [-0.39, 0.29) is 11.5 Å². The minimum Gasteiger partial charge on any atom is -0.462 e. The van der Waals surface area contributed by atoms with Crippen molar-refractivity contribution in [1.29, 1.82) is 0 Å². The number of pyridine rings is 1. The van der Waals surface area contributed by atoms with Crippen LogP contribution in [0.5, 0.6) is 0 Å². The van der Waals surface area contributed by atoms with Gasteiger partial charge in [-0.3, -0.25) is 4.79 Å². The van der Waals surface area contributed by atoms with Crippen LogP contribution in [0, 0.1) is 13.8 Å². The molecule has 0 bridgehead atoms. The fourth-order valence-corrected chi connectivity index (χ4v) is 2.48. The first-order chi connectivity index (χ1) is 9.42. The molecule has 0 aliphatic carbocycles. The SMILES string of the molecule is CCOC(=O)c1c(C)cc(=O)n(CCC(C)SC)c1C. The maximum absolute atomic E-state index is 12.1. The number of carbonyl (C=O) groups excluding carboxylic acids is 1. The highest BCUT2D eigenvalue weighted by molar-refractivity contribution is 7.99. The van der Waals surface area contributed by atoms with E-state index in [2.05, 4.69) is 13.2 Å². The van der Waals surface area contributed by atoms with E-state index in [1.807, 2.05) is 6.92 Å². The van der Waals surface area contributed by atoms with Gasteiger partial charge in [0.05, 0.1) is 12.2 Å². The summed E-state index contributed by atoms with van der Waals surface area (Å²) < 4.78 is 6.75. The van der Waals surface area contributed by atoms with Crippen molar-refractivity contribution in [1.82, 2.24) is 4.57 Å². The molecule has 1 aromatic rings. The smallest absolute Gasteiger partial charge is 0.340 e. The zero-order valence-electron chi connectivity index (χ0n) is 12.9. The van der Waals surface area contributed by atoms with E-state index in [1.54, 1.807) is 30.2 Å². The maximum atomic E-state index is 12.1. The minimum absolute atomic E-state index is 0.0543. The van der Waals surface area contributed by atoms with Crippen LogP contribution in [0.15, 0.2) is 10.9 Å². The van der Waals surface area contributed by atoms with Gasteiger partial charge in [-0.15, -0.1) is 0 Å². The lowest BCUT2D eigenvalue weighted by Crippen LogP contribution is -2.27. The number of thioether (sulfide) groups is 1. The molecule has 0 amide bonds. The van der Waals surface area contributed by atoms with E-state index in [9.17, 15) is 9.59 Å². The maximum Gasteiger partial charge on any atom is 0.340 e. The summed E-state index contributed by atoms with van der Waals surface area (Å²) >= 11 is 1.77. The largest absolute Gasteiger partial charge is 0.462 e. The Morgan fingerprint density at radius 2 is 2.10 bits per heavy atom. The summed E-state index contributed by atoms with van der Waals surface area (Å²) in [6, 6.07) is 1.52. The van der Waals surface area contributed by atoms with Crippen molar-refractivity contribution in [2.75, 3.05) is 12.9 Å². The number of ether oxygens (including phenoxy) is 1. The van der Waals surface area contributed by atoms with E-state index in [0.29, 0.717) is 35.2 Å². The van der Waals surface area contributed by atoms with Gasteiger partial charge in [-0.2, -0.15) is 11.8 Å². The molecule has 112 valence electrons. The Bertz CT molecular complexity index is 537. The van der Waals surface area contributed by atoms with Crippen molar-refractivity contribution in [2.45, 2.75) is 45.9 Å². The number of rotatable bonds is 6. The van der Waals surface area contributed by atoms with Crippen molar-refractivity contribution in [2.24, 2.45) is 0 Å². The van der Waals surface area contributed by atoms with E-state index < -0.39 is 0 Å². The van der Waals surface area contributed by atoms with Gasteiger partial charge < -0.3 is 9.30 Å². The third-order valence-corrected chi connectivity index (χ3v) is 4.45. The summed E-state index contributed by atoms with van der Waals surface area (Å²) in [5, 5.41) is 0.480. The number of aromatic nitrogens is 1. The molecule has 1 unspecified atom stereocenters. The number of hydrogen-bond donors (Lipinski definition) is 0. The average Bonchev–Trinajstić information content (AvgIpc) is 2.37. The molecular weight excluding hydrogens is 274 g/mol. The Labute approximate surface area is 124 Å². The molecule has 20 heavy (non-hydrogen) atoms. The highest BCUT2D eigenvalue weighted by atomic mass is 32.2. The molecule has 1 aromatic heterocycles. The first-order valence-corrected chi connectivity index (χ1v) is 8.12. The molecule has 1 heterocycles. The van der Waals surface area contributed by atoms with Gasteiger partial charge in [0.2, 0.25) is 0 Å². The van der Waals surface area contributed by atoms with E-state index >= 15 is 0 Å². The van der Waals surface area contributed by atoms with Crippen molar-refractivity contribution < 1.29 is 9.53 Å². The summed E-state index contributed by atoms with van der Waals surface area (Å²) in [6.45, 7) is 8.45. The molecule has 0 aliphatic heterocycles. The van der Waals surface area contributed by atoms with Gasteiger partial charge >= 0.3 is 5.97 Å². The van der Waals surface area contributed by atoms with Crippen molar-refractivity contribution in [3.05, 3.63) is 33.2 Å². The fraction of sp³-hybridized carbons (Fsp3) is 0.600. The Kier molecular flexibility index (Phi) is 6.33. The number of hydrogen-bond acceptors (Lipinski definition) is 4. The zero-order valence-corrected chi connectivity index (χ0v) is 13.7. The molecule has 4 nitrogen and oxygen atoms in total. The summed E-state index contributed by atoms with van der Waals surface area (Å²) in [7, 11) is 0. The van der Waals surface area contributed by atoms with Gasteiger partial charge in [0, 0.05) is 23.6 Å². The van der Waals surface area contributed by atoms with Crippen molar-refractivity contribution in [3.63, 3.8) is 0 Å². The van der Waals surface area contributed by atoms with Crippen LogP contribution in [-0.4, -0.2) is 28.6 Å². The number of esters is 1. The molecule has 1 rings (SSSR count). The lowest BCUT2D eigenvalue weighted by Gasteiger charge is -2.16. The molecule has 0 aliphatic rings. The Morgan fingerprint density at radius 1 is 1.45 bits per heavy atom. The molecule has 0 radical (unpaired) electrons. The minimum atomic E-state index is -0.353. The Balaban J connectivity index is 3.15. The highest BCUT2D eigenvalue weighted by Crippen LogP contribution is 2.15. The lowest BCUT2D eigenvalue weighted by atomic mass is 10.1. The molecule has 0 saturated carbocycles. The van der Waals surface area contributed by atoms with Crippen LogP contribution >= 0.6 is 11.8 Å². The average molecular weight is 297 g/mol. The molecular formula is C15H23NO3S. The van der Waals surface area contributed by atoms with E-state index in [4.69, 9.17) is 4.74 Å². The quantitative estimate of drug-likeness (QED) is 0.758. The summed E-state index contributed by atoms with van der Waals surface area (Å²) in [6.07, 6.45) is 2.95. The van der Waals surface area contributed by atoms with Gasteiger partial charge in [-0.25, -0.2) is 4.79 Å². The molecule has 0 spiro atoms. The van der Waals surface area contributed by atoms with Crippen molar-refractivity contribution >= 4 is 17.7 Å². The van der Waals surface area contributed by atoms with Crippen LogP contribution in [0.1, 0.15) is 41.9 Å². The molecule has 5 heteroatoms. The first-order valence-electron chi connectivity index (χ1n) is 6.83. The highest BCUT2D eigenvalue weighted by Gasteiger charge is 2.17. The number of nitrogens with zero attached hydrogens (tertiary/aromatic N) is 1. The first kappa shape index (κ1) is 16.8. The second kappa shape index (κ2) is 7.53. The third-order valence-electron chi connectivity index (χ3n) is 3.41. The predicted molar refractivity (Wildman–Crippen MR) is 83.7 cm³/mol. The third kappa shape index (κ3) is 3.88. The normalized spacial score (nSPS) is 12.2. The predicted octanol–water partition coefficient (Wildman–Crippen LogP) is 2.78. The van der Waals surface area contributed by atoms with Crippen LogP contribution in [-0.2, 0) is 11.3 Å². The Morgan fingerprint density at radius 3 is 2.65 bits per heavy atom. The van der Waals surface area contributed by atoms with Crippen LogP contribution in [0.4, 0.5) is 0 Å². The lowest BCUT2D eigenvalue weighted by molar-refractivity contribution is 0.0523. The zero-order chi connectivity index (χ0) is 15.3. The van der Waals surface area contributed by atoms with Crippen molar-refractivity contribution in [3.8, 4) is 0 Å². The molecule has 0 fully saturated rings. The number of carbonyl (C=O) groups is 1. The summed E-state index contributed by atoms with van der Waals surface area (Å²) in [5.74, 6) is -0.353. The van der Waals surface area contributed by atoms with E-state index in [0.717, 1.165) is 6.42 Å². The summed E-state index contributed by atoms with van der Waals surface area (Å²) in [4.78, 5) is 24.1. The molecule has 0 aromatic carbocycles. The molecule has 1 atom stereocenters. The molecule has 0 saturated heterocycles. The topological polar surface area (TPSA) is 48.3 Å². The van der Waals surface area contributed by atoms with Gasteiger partial charge in [-0.1, -0.05) is 6.92 Å². The van der Waals surface area contributed by atoms with Crippen LogP contribution in [0.2, 0.25) is 0 Å². The monoisotopic (exact) mass is 297 g/mol. The second-order valence-electron chi connectivity index (χ2n) is 4.83. The van der Waals surface area contributed by atoms with Gasteiger partial charge in [0.1, 0.15) is 0 Å². The second-order valence-corrected chi connectivity index (χ2v) is 6.11. The van der Waals surface area contributed by atoms with E-state index in [1.165, 1.54) is 6.07 Å². The van der Waals surface area contributed by atoms with Crippen LogP contribution in [0.3, 0.4) is 0 Å². The standard InChI is InChI=1S/C15H23NO3S/c1-6-19-15(18)14-10(2)9-13(17)16(12(14)4)8-7-11(3)20-5/h9,11H,6-8H2,1-5H3.